The van der Waals surface area contributed by atoms with Crippen LogP contribution in [0.2, 0.25) is 5.02 Å². The molecule has 1 aromatic carbocycles. The number of hydrogen-bond donors (Lipinski definition) is 1. The maximum atomic E-state index is 12.0. The zero-order valence-corrected chi connectivity index (χ0v) is 16.3. The zero-order chi connectivity index (χ0) is 19.2. The Bertz CT molecular complexity index is 987. The van der Waals surface area contributed by atoms with Crippen LogP contribution in [0.1, 0.15) is 11.4 Å². The molecule has 0 radical (unpaired) electrons. The SMILES string of the molecule is Cc1cccc(C=NNC(=O)CSc2nnc(-c3cccc(Cl)c3)n2C)n1. The van der Waals surface area contributed by atoms with Crippen LogP contribution in [0.15, 0.2) is 52.7 Å². The second-order valence-electron chi connectivity index (χ2n) is 5.66. The molecule has 0 aliphatic heterocycles. The zero-order valence-electron chi connectivity index (χ0n) is 14.8. The Balaban J connectivity index is 1.56. The first-order chi connectivity index (χ1) is 13.0. The van der Waals surface area contributed by atoms with E-state index in [1.54, 1.807) is 6.07 Å². The lowest BCUT2D eigenvalue weighted by molar-refractivity contribution is -0.118. The Morgan fingerprint density at radius 3 is 2.89 bits per heavy atom. The van der Waals surface area contributed by atoms with Crippen LogP contribution < -0.4 is 5.43 Å². The molecule has 0 bridgehead atoms. The van der Waals surface area contributed by atoms with E-state index in [1.807, 2.05) is 54.9 Å². The number of hydrazone groups is 1. The van der Waals surface area contributed by atoms with Gasteiger partial charge in [-0.3, -0.25) is 9.78 Å². The largest absolute Gasteiger partial charge is 0.305 e. The van der Waals surface area contributed by atoms with Crippen LogP contribution in [0.25, 0.3) is 11.4 Å². The quantitative estimate of drug-likeness (QED) is 0.390. The number of pyridine rings is 1. The van der Waals surface area contributed by atoms with Gasteiger partial charge in [-0.15, -0.1) is 10.2 Å². The van der Waals surface area contributed by atoms with Gasteiger partial charge in [-0.25, -0.2) is 5.43 Å². The van der Waals surface area contributed by atoms with Gasteiger partial charge in [0, 0.05) is 23.3 Å². The molecule has 0 saturated heterocycles. The highest BCUT2D eigenvalue weighted by atomic mass is 35.5. The molecule has 0 saturated carbocycles. The molecule has 138 valence electrons. The van der Waals surface area contributed by atoms with Crippen LogP contribution in [0.5, 0.6) is 0 Å². The summed E-state index contributed by atoms with van der Waals surface area (Å²) in [7, 11) is 1.85. The summed E-state index contributed by atoms with van der Waals surface area (Å²) in [5.74, 6) is 0.611. The van der Waals surface area contributed by atoms with Crippen LogP contribution in [-0.4, -0.2) is 37.6 Å². The first-order valence-electron chi connectivity index (χ1n) is 8.06. The van der Waals surface area contributed by atoms with Crippen molar-refractivity contribution < 1.29 is 4.79 Å². The van der Waals surface area contributed by atoms with E-state index in [0.717, 1.165) is 11.3 Å². The second kappa shape index (κ2) is 8.79. The van der Waals surface area contributed by atoms with Crippen LogP contribution in [0, 0.1) is 6.92 Å². The van der Waals surface area contributed by atoms with Gasteiger partial charge < -0.3 is 4.57 Å². The second-order valence-corrected chi connectivity index (χ2v) is 7.04. The molecule has 27 heavy (non-hydrogen) atoms. The van der Waals surface area contributed by atoms with Crippen molar-refractivity contribution in [1.29, 1.82) is 0 Å². The van der Waals surface area contributed by atoms with Gasteiger partial charge in [-0.1, -0.05) is 41.6 Å². The number of carbonyl (C=O) groups excluding carboxylic acids is 1. The Kier molecular flexibility index (Phi) is 6.20. The van der Waals surface area contributed by atoms with Crippen LogP contribution in [0.3, 0.4) is 0 Å². The van der Waals surface area contributed by atoms with Crippen molar-refractivity contribution in [3.8, 4) is 11.4 Å². The first kappa shape index (κ1) is 19.1. The summed E-state index contributed by atoms with van der Waals surface area (Å²) in [6, 6.07) is 13.0. The Labute approximate surface area is 165 Å². The van der Waals surface area contributed by atoms with Crippen molar-refractivity contribution in [2.45, 2.75) is 12.1 Å². The summed E-state index contributed by atoms with van der Waals surface area (Å²) in [6.07, 6.45) is 1.51. The van der Waals surface area contributed by atoms with E-state index in [9.17, 15) is 4.79 Å². The third kappa shape index (κ3) is 5.15. The number of thioether (sulfide) groups is 1. The summed E-state index contributed by atoms with van der Waals surface area (Å²) < 4.78 is 1.82. The van der Waals surface area contributed by atoms with Gasteiger partial charge >= 0.3 is 0 Å². The first-order valence-corrected chi connectivity index (χ1v) is 9.43. The third-order valence-electron chi connectivity index (χ3n) is 3.55. The molecule has 7 nitrogen and oxygen atoms in total. The molecular weight excluding hydrogens is 384 g/mol. The number of benzene rings is 1. The maximum Gasteiger partial charge on any atom is 0.250 e. The van der Waals surface area contributed by atoms with Crippen molar-refractivity contribution in [2.75, 3.05) is 5.75 Å². The number of hydrogen-bond acceptors (Lipinski definition) is 6. The number of rotatable bonds is 6. The van der Waals surface area contributed by atoms with Crippen molar-refractivity contribution >= 4 is 35.5 Å². The van der Waals surface area contributed by atoms with Crippen LogP contribution >= 0.6 is 23.4 Å². The number of nitrogens with one attached hydrogen (secondary N) is 1. The number of carbonyl (C=O) groups is 1. The molecule has 0 aliphatic carbocycles. The summed E-state index contributed by atoms with van der Waals surface area (Å²) in [5, 5.41) is 13.5. The molecule has 0 aliphatic rings. The molecule has 2 heterocycles. The lowest BCUT2D eigenvalue weighted by atomic mass is 10.2. The molecule has 1 amide bonds. The maximum absolute atomic E-state index is 12.0. The smallest absolute Gasteiger partial charge is 0.250 e. The molecule has 0 fully saturated rings. The van der Waals surface area contributed by atoms with Crippen molar-refractivity contribution in [3.63, 3.8) is 0 Å². The molecule has 0 spiro atoms. The van der Waals surface area contributed by atoms with Crippen molar-refractivity contribution in [1.82, 2.24) is 25.2 Å². The summed E-state index contributed by atoms with van der Waals surface area (Å²) >= 11 is 7.30. The molecule has 3 rings (SSSR count). The van der Waals surface area contributed by atoms with Gasteiger partial charge in [0.25, 0.3) is 5.91 Å². The Hall–Kier alpha value is -2.71. The summed E-state index contributed by atoms with van der Waals surface area (Å²) in [6.45, 7) is 1.89. The summed E-state index contributed by atoms with van der Waals surface area (Å²) in [4.78, 5) is 16.2. The lowest BCUT2D eigenvalue weighted by Crippen LogP contribution is -2.20. The minimum Gasteiger partial charge on any atom is -0.305 e. The van der Waals surface area contributed by atoms with E-state index in [1.165, 1.54) is 18.0 Å². The average Bonchev–Trinajstić information content (AvgIpc) is 3.01. The van der Waals surface area contributed by atoms with E-state index < -0.39 is 0 Å². The van der Waals surface area contributed by atoms with Crippen molar-refractivity contribution in [2.24, 2.45) is 12.1 Å². The minimum atomic E-state index is -0.240. The average molecular weight is 401 g/mol. The Morgan fingerprint density at radius 2 is 2.11 bits per heavy atom. The molecule has 9 heteroatoms. The molecule has 0 unspecified atom stereocenters. The number of halogens is 1. The van der Waals surface area contributed by atoms with Gasteiger partial charge in [-0.05, 0) is 31.2 Å². The highest BCUT2D eigenvalue weighted by Gasteiger charge is 2.13. The highest BCUT2D eigenvalue weighted by molar-refractivity contribution is 7.99. The van der Waals surface area contributed by atoms with E-state index in [2.05, 4.69) is 25.7 Å². The Morgan fingerprint density at radius 1 is 1.30 bits per heavy atom. The fourth-order valence-electron chi connectivity index (χ4n) is 2.29. The van der Waals surface area contributed by atoms with E-state index >= 15 is 0 Å². The highest BCUT2D eigenvalue weighted by Crippen LogP contribution is 2.24. The number of amides is 1. The van der Waals surface area contributed by atoms with Gasteiger partial charge in [0.1, 0.15) is 0 Å². The molecule has 0 atom stereocenters. The fraction of sp³-hybridized carbons (Fsp3) is 0.167. The molecule has 2 aromatic heterocycles. The van der Waals surface area contributed by atoms with E-state index in [0.29, 0.717) is 21.7 Å². The molecular formula is C18H17ClN6OS. The minimum absolute atomic E-state index is 0.167. The number of aromatic nitrogens is 4. The van der Waals surface area contributed by atoms with Gasteiger partial charge in [0.15, 0.2) is 11.0 Å². The van der Waals surface area contributed by atoms with Crippen LogP contribution in [0.4, 0.5) is 0 Å². The molecule has 3 aromatic rings. The van der Waals surface area contributed by atoms with E-state index in [-0.39, 0.29) is 11.7 Å². The topological polar surface area (TPSA) is 85.1 Å². The van der Waals surface area contributed by atoms with E-state index in [4.69, 9.17) is 11.6 Å². The van der Waals surface area contributed by atoms with Crippen molar-refractivity contribution in [3.05, 3.63) is 58.9 Å². The standard InChI is InChI=1S/C18H17ClN6OS/c1-12-5-3-8-15(21-12)10-20-22-16(26)11-27-18-24-23-17(25(18)2)13-6-4-7-14(19)9-13/h3-10H,11H2,1-2H3,(H,22,26). The number of aryl methyl sites for hydroxylation is 1. The predicted molar refractivity (Wildman–Crippen MR) is 107 cm³/mol. The van der Waals surface area contributed by atoms with Gasteiger partial charge in [0.2, 0.25) is 0 Å². The summed E-state index contributed by atoms with van der Waals surface area (Å²) in [5.41, 5.74) is 4.92. The number of nitrogens with zero attached hydrogens (tertiary/aromatic N) is 5. The monoisotopic (exact) mass is 400 g/mol. The molecule has 1 N–H and O–H groups in total. The normalized spacial score (nSPS) is 11.1. The van der Waals surface area contributed by atoms with Gasteiger partial charge in [0.05, 0.1) is 17.7 Å². The fourth-order valence-corrected chi connectivity index (χ4v) is 3.18. The lowest BCUT2D eigenvalue weighted by Gasteiger charge is -2.04. The van der Waals surface area contributed by atoms with Crippen LogP contribution in [-0.2, 0) is 11.8 Å². The predicted octanol–water partition coefficient (Wildman–Crippen LogP) is 3.08. The third-order valence-corrected chi connectivity index (χ3v) is 4.80. The van der Waals surface area contributed by atoms with Gasteiger partial charge in [-0.2, -0.15) is 5.10 Å².